The average Bonchev–Trinajstić information content (AvgIpc) is 2.66. The zero-order valence-corrected chi connectivity index (χ0v) is 14.4. The maximum atomic E-state index is 13.5. The second-order valence-electron chi connectivity index (χ2n) is 5.55. The van der Waals surface area contributed by atoms with E-state index < -0.39 is 24.4 Å². The number of primary amides is 1. The summed E-state index contributed by atoms with van der Waals surface area (Å²) >= 11 is 0. The third-order valence-electron chi connectivity index (χ3n) is 3.48. The van der Waals surface area contributed by atoms with Crippen molar-refractivity contribution in [3.8, 4) is 5.75 Å². The first-order chi connectivity index (χ1) is 13.0. The van der Waals surface area contributed by atoms with Crippen LogP contribution in [0.1, 0.15) is 15.9 Å². The Morgan fingerprint density at radius 1 is 1.00 bits per heavy atom. The fraction of sp³-hybridized carbons (Fsp3) is 0.211. The van der Waals surface area contributed by atoms with Crippen LogP contribution in [0.25, 0.3) is 0 Å². The minimum absolute atomic E-state index is 0.223. The van der Waals surface area contributed by atoms with Crippen molar-refractivity contribution in [1.29, 1.82) is 0 Å². The van der Waals surface area contributed by atoms with Crippen molar-refractivity contribution >= 4 is 17.8 Å². The highest BCUT2D eigenvalue weighted by Gasteiger charge is 2.11. The fourth-order valence-electron chi connectivity index (χ4n) is 2.14. The summed E-state index contributed by atoms with van der Waals surface area (Å²) in [6.07, 6.45) is 0.332. The molecule has 0 heterocycles. The van der Waals surface area contributed by atoms with Crippen molar-refractivity contribution in [2.45, 2.75) is 6.42 Å². The lowest BCUT2D eigenvalue weighted by Gasteiger charge is -2.08. The molecule has 2 aromatic rings. The summed E-state index contributed by atoms with van der Waals surface area (Å²) in [5, 5.41) is 2.56. The highest BCUT2D eigenvalue weighted by Crippen LogP contribution is 2.13. The Morgan fingerprint density at radius 3 is 2.37 bits per heavy atom. The van der Waals surface area contributed by atoms with E-state index in [4.69, 9.17) is 15.2 Å². The van der Waals surface area contributed by atoms with Gasteiger partial charge in [0.1, 0.15) is 11.6 Å². The van der Waals surface area contributed by atoms with E-state index in [1.165, 1.54) is 30.3 Å². The number of rotatable bonds is 9. The Hall–Kier alpha value is -3.42. The van der Waals surface area contributed by atoms with Crippen molar-refractivity contribution in [3.05, 3.63) is 65.5 Å². The number of hydrogen-bond acceptors (Lipinski definition) is 5. The number of carbonyl (C=O) groups is 3. The number of hydrogen-bond donors (Lipinski definition) is 2. The fourth-order valence-corrected chi connectivity index (χ4v) is 2.14. The highest BCUT2D eigenvalue weighted by atomic mass is 19.1. The van der Waals surface area contributed by atoms with Gasteiger partial charge in [-0.2, -0.15) is 0 Å². The van der Waals surface area contributed by atoms with E-state index in [9.17, 15) is 18.8 Å². The van der Waals surface area contributed by atoms with E-state index in [1.807, 2.05) is 0 Å². The summed E-state index contributed by atoms with van der Waals surface area (Å²) in [6, 6.07) is 12.1. The maximum Gasteiger partial charge on any atom is 0.338 e. The third kappa shape index (κ3) is 6.77. The van der Waals surface area contributed by atoms with Gasteiger partial charge in [0.2, 0.25) is 0 Å². The van der Waals surface area contributed by atoms with Crippen LogP contribution in [0.4, 0.5) is 4.39 Å². The normalized spacial score (nSPS) is 10.1. The van der Waals surface area contributed by atoms with Gasteiger partial charge in [0.05, 0.1) is 5.56 Å². The molecule has 0 atom stereocenters. The quantitative estimate of drug-likeness (QED) is 0.642. The van der Waals surface area contributed by atoms with E-state index in [0.29, 0.717) is 17.7 Å². The molecular weight excluding hydrogens is 355 g/mol. The van der Waals surface area contributed by atoms with Crippen LogP contribution in [0.5, 0.6) is 5.75 Å². The zero-order chi connectivity index (χ0) is 19.6. The zero-order valence-electron chi connectivity index (χ0n) is 14.4. The maximum absolute atomic E-state index is 13.5. The van der Waals surface area contributed by atoms with Crippen molar-refractivity contribution in [2.24, 2.45) is 5.73 Å². The molecule has 0 unspecified atom stereocenters. The second kappa shape index (κ2) is 9.91. The molecule has 8 heteroatoms. The van der Waals surface area contributed by atoms with Crippen LogP contribution >= 0.6 is 0 Å². The van der Waals surface area contributed by atoms with Crippen LogP contribution < -0.4 is 15.8 Å². The lowest BCUT2D eigenvalue weighted by Crippen LogP contribution is -2.30. The van der Waals surface area contributed by atoms with Gasteiger partial charge in [-0.25, -0.2) is 9.18 Å². The van der Waals surface area contributed by atoms with Gasteiger partial charge in [-0.05, 0) is 42.3 Å². The standard InChI is InChI=1S/C19H19FN2O5/c20-16-4-2-1-3-13(16)9-10-22-18(24)12-27-19(25)14-5-7-15(8-6-14)26-11-17(21)23/h1-8H,9-12H2,(H2,21,23)(H,22,24). The van der Waals surface area contributed by atoms with Gasteiger partial charge in [0.25, 0.3) is 11.8 Å². The molecule has 0 fully saturated rings. The van der Waals surface area contributed by atoms with Gasteiger partial charge < -0.3 is 20.5 Å². The summed E-state index contributed by atoms with van der Waals surface area (Å²) in [5.74, 6) is -1.74. The summed E-state index contributed by atoms with van der Waals surface area (Å²) in [4.78, 5) is 34.2. The topological polar surface area (TPSA) is 108 Å². The molecule has 0 aliphatic carbocycles. The third-order valence-corrected chi connectivity index (χ3v) is 3.48. The lowest BCUT2D eigenvalue weighted by molar-refractivity contribution is -0.124. The Labute approximate surface area is 155 Å². The number of nitrogens with two attached hydrogens (primary N) is 1. The Balaban J connectivity index is 1.72. The van der Waals surface area contributed by atoms with Crippen LogP contribution in [0.15, 0.2) is 48.5 Å². The van der Waals surface area contributed by atoms with E-state index >= 15 is 0 Å². The predicted molar refractivity (Wildman–Crippen MR) is 94.5 cm³/mol. The Morgan fingerprint density at radius 2 is 1.70 bits per heavy atom. The summed E-state index contributed by atoms with van der Waals surface area (Å²) in [5.41, 5.74) is 5.68. The molecule has 0 aromatic heterocycles. The van der Waals surface area contributed by atoms with Crippen molar-refractivity contribution in [1.82, 2.24) is 5.32 Å². The number of carbonyl (C=O) groups excluding carboxylic acids is 3. The first kappa shape index (κ1) is 19.9. The van der Waals surface area contributed by atoms with Gasteiger partial charge in [0.15, 0.2) is 13.2 Å². The molecular formula is C19H19FN2O5. The van der Waals surface area contributed by atoms with Crippen molar-refractivity contribution in [3.63, 3.8) is 0 Å². The van der Waals surface area contributed by atoms with E-state index in [-0.39, 0.29) is 24.5 Å². The van der Waals surface area contributed by atoms with Crippen LogP contribution in [0, 0.1) is 5.82 Å². The molecule has 3 N–H and O–H groups in total. The smallest absolute Gasteiger partial charge is 0.338 e. The van der Waals surface area contributed by atoms with Gasteiger partial charge in [-0.1, -0.05) is 18.2 Å². The van der Waals surface area contributed by atoms with E-state index in [0.717, 1.165) is 0 Å². The molecule has 27 heavy (non-hydrogen) atoms. The number of ether oxygens (including phenoxy) is 2. The highest BCUT2D eigenvalue weighted by molar-refractivity contribution is 5.91. The van der Waals surface area contributed by atoms with Gasteiger partial charge in [-0.15, -0.1) is 0 Å². The van der Waals surface area contributed by atoms with Crippen LogP contribution in [-0.2, 0) is 20.7 Å². The van der Waals surface area contributed by atoms with Gasteiger partial charge >= 0.3 is 5.97 Å². The molecule has 0 aliphatic rings. The summed E-state index contributed by atoms with van der Waals surface area (Å²) < 4.78 is 23.4. The summed E-state index contributed by atoms with van der Waals surface area (Å²) in [7, 11) is 0. The number of amides is 2. The summed E-state index contributed by atoms with van der Waals surface area (Å²) in [6.45, 7) is -0.490. The van der Waals surface area contributed by atoms with Gasteiger partial charge in [0, 0.05) is 6.54 Å². The first-order valence-electron chi connectivity index (χ1n) is 8.14. The molecule has 7 nitrogen and oxygen atoms in total. The van der Waals surface area contributed by atoms with Crippen LogP contribution in [0.2, 0.25) is 0 Å². The first-order valence-corrected chi connectivity index (χ1v) is 8.14. The largest absolute Gasteiger partial charge is 0.484 e. The Bertz CT molecular complexity index is 808. The minimum Gasteiger partial charge on any atom is -0.484 e. The minimum atomic E-state index is -0.680. The van der Waals surface area contributed by atoms with Crippen molar-refractivity contribution < 1.29 is 28.2 Å². The molecule has 2 aromatic carbocycles. The lowest BCUT2D eigenvalue weighted by atomic mass is 10.1. The molecule has 0 bridgehead atoms. The van der Waals surface area contributed by atoms with Gasteiger partial charge in [-0.3, -0.25) is 9.59 Å². The second-order valence-corrected chi connectivity index (χ2v) is 5.55. The Kier molecular flexibility index (Phi) is 7.30. The molecule has 0 radical (unpaired) electrons. The number of esters is 1. The molecule has 2 amide bonds. The van der Waals surface area contributed by atoms with Crippen molar-refractivity contribution in [2.75, 3.05) is 19.8 Å². The van der Waals surface area contributed by atoms with Crippen LogP contribution in [-0.4, -0.2) is 37.5 Å². The van der Waals surface area contributed by atoms with E-state index in [1.54, 1.807) is 18.2 Å². The number of halogens is 1. The predicted octanol–water partition coefficient (Wildman–Crippen LogP) is 1.21. The average molecular weight is 374 g/mol. The van der Waals surface area contributed by atoms with E-state index in [2.05, 4.69) is 5.32 Å². The monoisotopic (exact) mass is 374 g/mol. The number of nitrogens with one attached hydrogen (secondary N) is 1. The number of benzene rings is 2. The molecule has 0 aliphatic heterocycles. The molecule has 2 rings (SSSR count). The molecule has 142 valence electrons. The SMILES string of the molecule is NC(=O)COc1ccc(C(=O)OCC(=O)NCCc2ccccc2F)cc1. The molecule has 0 spiro atoms. The molecule has 0 saturated heterocycles. The molecule has 0 saturated carbocycles. The van der Waals surface area contributed by atoms with Crippen LogP contribution in [0.3, 0.4) is 0 Å².